The molecule has 0 unspecified atom stereocenters. The molecule has 2 amide bonds. The lowest BCUT2D eigenvalue weighted by Gasteiger charge is -2.25. The number of benzene rings is 1. The first-order valence-corrected chi connectivity index (χ1v) is 6.25. The summed E-state index contributed by atoms with van der Waals surface area (Å²) >= 11 is 3.31. The van der Waals surface area contributed by atoms with Crippen molar-refractivity contribution in [3.05, 3.63) is 28.7 Å². The first-order valence-electron chi connectivity index (χ1n) is 5.45. The third-order valence-corrected chi connectivity index (χ3v) is 3.00. The molecule has 0 spiro atoms. The molecule has 2 N–H and O–H groups in total. The van der Waals surface area contributed by atoms with E-state index >= 15 is 0 Å². The molecular formula is C12H15BrN2O3. The van der Waals surface area contributed by atoms with Crippen LogP contribution >= 0.6 is 15.9 Å². The lowest BCUT2D eigenvalue weighted by molar-refractivity contribution is -0.137. The van der Waals surface area contributed by atoms with E-state index in [0.717, 1.165) is 4.47 Å². The lowest BCUT2D eigenvalue weighted by Crippen LogP contribution is -2.43. The summed E-state index contributed by atoms with van der Waals surface area (Å²) in [6.07, 6.45) is 0. The number of carboxylic acid groups (broad SMARTS) is 1. The average molecular weight is 315 g/mol. The Morgan fingerprint density at radius 2 is 2.00 bits per heavy atom. The fourth-order valence-electron chi connectivity index (χ4n) is 1.38. The summed E-state index contributed by atoms with van der Waals surface area (Å²) in [5.41, 5.74) is 0.610. The minimum Gasteiger partial charge on any atom is -0.480 e. The molecule has 0 aliphatic carbocycles. The highest BCUT2D eigenvalue weighted by Gasteiger charge is 2.20. The zero-order valence-electron chi connectivity index (χ0n) is 10.2. The van der Waals surface area contributed by atoms with E-state index in [1.165, 1.54) is 4.90 Å². The van der Waals surface area contributed by atoms with E-state index in [0.29, 0.717) is 5.69 Å². The van der Waals surface area contributed by atoms with Crippen molar-refractivity contribution in [2.75, 3.05) is 11.9 Å². The van der Waals surface area contributed by atoms with Gasteiger partial charge in [-0.1, -0.05) is 12.1 Å². The van der Waals surface area contributed by atoms with Crippen LogP contribution < -0.4 is 5.32 Å². The Labute approximate surface area is 114 Å². The Morgan fingerprint density at radius 3 is 2.50 bits per heavy atom. The molecule has 0 saturated heterocycles. The molecule has 1 aromatic carbocycles. The van der Waals surface area contributed by atoms with E-state index in [2.05, 4.69) is 21.2 Å². The second-order valence-corrected chi connectivity index (χ2v) is 4.88. The zero-order valence-corrected chi connectivity index (χ0v) is 11.8. The molecule has 5 nitrogen and oxygen atoms in total. The van der Waals surface area contributed by atoms with Crippen LogP contribution in [0.25, 0.3) is 0 Å². The Morgan fingerprint density at radius 1 is 1.39 bits per heavy atom. The standard InChI is InChI=1S/C12H15BrN2O3/c1-8(2)15(7-11(16)17)12(18)14-10-6-4-3-5-9(10)13/h3-6,8H,7H2,1-2H3,(H,14,18)(H,16,17). The average Bonchev–Trinajstić information content (AvgIpc) is 2.28. The highest BCUT2D eigenvalue weighted by Crippen LogP contribution is 2.21. The highest BCUT2D eigenvalue weighted by atomic mass is 79.9. The summed E-state index contributed by atoms with van der Waals surface area (Å²) < 4.78 is 0.748. The normalized spacial score (nSPS) is 10.2. The molecular weight excluding hydrogens is 300 g/mol. The van der Waals surface area contributed by atoms with Crippen LogP contribution in [0.4, 0.5) is 10.5 Å². The third kappa shape index (κ3) is 4.03. The number of nitrogens with one attached hydrogen (secondary N) is 1. The molecule has 1 aromatic rings. The van der Waals surface area contributed by atoms with Crippen LogP contribution in [-0.4, -0.2) is 34.6 Å². The van der Waals surface area contributed by atoms with Gasteiger partial charge in [0.1, 0.15) is 6.54 Å². The zero-order chi connectivity index (χ0) is 13.7. The van der Waals surface area contributed by atoms with Crippen LogP contribution in [0.5, 0.6) is 0 Å². The second kappa shape index (κ2) is 6.39. The lowest BCUT2D eigenvalue weighted by atomic mass is 10.3. The van der Waals surface area contributed by atoms with Gasteiger partial charge in [-0.05, 0) is 41.9 Å². The highest BCUT2D eigenvalue weighted by molar-refractivity contribution is 9.10. The van der Waals surface area contributed by atoms with Crippen LogP contribution in [0.3, 0.4) is 0 Å². The number of halogens is 1. The van der Waals surface area contributed by atoms with Crippen molar-refractivity contribution in [3.63, 3.8) is 0 Å². The van der Waals surface area contributed by atoms with Gasteiger partial charge < -0.3 is 15.3 Å². The number of rotatable bonds is 4. The maximum atomic E-state index is 12.0. The molecule has 0 aliphatic rings. The molecule has 0 aliphatic heterocycles. The molecule has 1 rings (SSSR count). The predicted octanol–water partition coefficient (Wildman–Crippen LogP) is 2.78. The van der Waals surface area contributed by atoms with E-state index in [1.807, 2.05) is 6.07 Å². The van der Waals surface area contributed by atoms with E-state index in [9.17, 15) is 9.59 Å². The Hall–Kier alpha value is -1.56. The quantitative estimate of drug-likeness (QED) is 0.897. The number of para-hydroxylation sites is 1. The molecule has 0 aromatic heterocycles. The van der Waals surface area contributed by atoms with E-state index in [4.69, 9.17) is 5.11 Å². The van der Waals surface area contributed by atoms with E-state index in [1.54, 1.807) is 32.0 Å². The molecule has 0 saturated carbocycles. The van der Waals surface area contributed by atoms with Crippen molar-refractivity contribution in [2.24, 2.45) is 0 Å². The number of urea groups is 1. The van der Waals surface area contributed by atoms with Crippen LogP contribution in [0.1, 0.15) is 13.8 Å². The van der Waals surface area contributed by atoms with Gasteiger partial charge in [-0.3, -0.25) is 4.79 Å². The van der Waals surface area contributed by atoms with Crippen LogP contribution in [0.2, 0.25) is 0 Å². The molecule has 0 fully saturated rings. The van der Waals surface area contributed by atoms with Crippen molar-refractivity contribution >= 4 is 33.6 Å². The van der Waals surface area contributed by atoms with Gasteiger partial charge in [-0.25, -0.2) is 4.79 Å². The van der Waals surface area contributed by atoms with Gasteiger partial charge in [0.15, 0.2) is 0 Å². The van der Waals surface area contributed by atoms with Gasteiger partial charge in [-0.15, -0.1) is 0 Å². The predicted molar refractivity (Wildman–Crippen MR) is 72.6 cm³/mol. The fraction of sp³-hybridized carbons (Fsp3) is 0.333. The molecule has 0 heterocycles. The number of carboxylic acids is 1. The smallest absolute Gasteiger partial charge is 0.323 e. The summed E-state index contributed by atoms with van der Waals surface area (Å²) in [6, 6.07) is 6.53. The topological polar surface area (TPSA) is 69.6 Å². The Balaban J connectivity index is 2.79. The van der Waals surface area contributed by atoms with Crippen molar-refractivity contribution in [3.8, 4) is 0 Å². The Bertz CT molecular complexity index is 449. The molecule has 0 bridgehead atoms. The molecule has 6 heteroatoms. The summed E-state index contributed by atoms with van der Waals surface area (Å²) in [6.45, 7) is 3.21. The second-order valence-electron chi connectivity index (χ2n) is 4.03. The Kier molecular flexibility index (Phi) is 5.15. The monoisotopic (exact) mass is 314 g/mol. The first kappa shape index (κ1) is 14.5. The van der Waals surface area contributed by atoms with Crippen molar-refractivity contribution in [1.82, 2.24) is 4.90 Å². The molecule has 18 heavy (non-hydrogen) atoms. The largest absolute Gasteiger partial charge is 0.480 e. The van der Waals surface area contributed by atoms with E-state index < -0.39 is 12.0 Å². The third-order valence-electron chi connectivity index (χ3n) is 2.31. The number of carbonyl (C=O) groups is 2. The fourth-order valence-corrected chi connectivity index (χ4v) is 1.77. The maximum Gasteiger partial charge on any atom is 0.323 e. The summed E-state index contributed by atoms with van der Waals surface area (Å²) in [4.78, 5) is 23.9. The minimum atomic E-state index is -1.04. The van der Waals surface area contributed by atoms with Gasteiger partial charge in [0.05, 0.1) is 5.69 Å². The van der Waals surface area contributed by atoms with Gasteiger partial charge in [-0.2, -0.15) is 0 Å². The van der Waals surface area contributed by atoms with Crippen molar-refractivity contribution in [1.29, 1.82) is 0 Å². The van der Waals surface area contributed by atoms with E-state index in [-0.39, 0.29) is 12.6 Å². The first-order chi connectivity index (χ1) is 8.41. The summed E-state index contributed by atoms with van der Waals surface area (Å²) in [5, 5.41) is 11.4. The number of hydrogen-bond donors (Lipinski definition) is 2. The van der Waals surface area contributed by atoms with Crippen molar-refractivity contribution < 1.29 is 14.7 Å². The number of hydrogen-bond acceptors (Lipinski definition) is 2. The number of carbonyl (C=O) groups excluding carboxylic acids is 1. The number of anilines is 1. The SMILES string of the molecule is CC(C)N(CC(=O)O)C(=O)Nc1ccccc1Br. The molecule has 0 radical (unpaired) electrons. The number of nitrogens with zero attached hydrogens (tertiary/aromatic N) is 1. The van der Waals surface area contributed by atoms with Gasteiger partial charge in [0, 0.05) is 10.5 Å². The van der Waals surface area contributed by atoms with Crippen LogP contribution in [-0.2, 0) is 4.79 Å². The maximum absolute atomic E-state index is 12.0. The van der Waals surface area contributed by atoms with Gasteiger partial charge >= 0.3 is 12.0 Å². The molecule has 98 valence electrons. The minimum absolute atomic E-state index is 0.191. The van der Waals surface area contributed by atoms with Gasteiger partial charge in [0.2, 0.25) is 0 Å². The number of amides is 2. The molecule has 0 atom stereocenters. The number of aliphatic carboxylic acids is 1. The summed E-state index contributed by atoms with van der Waals surface area (Å²) in [5.74, 6) is -1.04. The van der Waals surface area contributed by atoms with Crippen molar-refractivity contribution in [2.45, 2.75) is 19.9 Å². The van der Waals surface area contributed by atoms with Crippen LogP contribution in [0, 0.1) is 0 Å². The summed E-state index contributed by atoms with van der Waals surface area (Å²) in [7, 11) is 0. The van der Waals surface area contributed by atoms with Crippen LogP contribution in [0.15, 0.2) is 28.7 Å². The van der Waals surface area contributed by atoms with Gasteiger partial charge in [0.25, 0.3) is 0 Å².